The Kier molecular flexibility index (Phi) is 5.68. The highest BCUT2D eigenvalue weighted by Gasteiger charge is 2.18. The van der Waals surface area contributed by atoms with E-state index in [4.69, 9.17) is 0 Å². The fourth-order valence-corrected chi connectivity index (χ4v) is 4.45. The number of aromatic amines is 1. The second-order valence-electron chi connectivity index (χ2n) is 8.34. The Hall–Kier alpha value is -3.89. The summed E-state index contributed by atoms with van der Waals surface area (Å²) in [5.74, 6) is -0.437. The molecule has 0 spiro atoms. The molecule has 1 fully saturated rings. The minimum Gasteiger partial charge on any atom is -0.369 e. The topological polar surface area (TPSA) is 68.1 Å². The van der Waals surface area contributed by atoms with Crippen LogP contribution in [0.3, 0.4) is 0 Å². The molecule has 166 valence electrons. The molecule has 0 unspecified atom stereocenters. The molecule has 0 bridgehead atoms. The van der Waals surface area contributed by atoms with Gasteiger partial charge in [-0.2, -0.15) is 5.26 Å². The monoisotopic (exact) mass is 441 g/mol. The number of nitrogens with one attached hydrogen (secondary N) is 1. The van der Waals surface area contributed by atoms with E-state index in [2.05, 4.69) is 20.9 Å². The number of nitrogens with zero attached hydrogens (tertiary/aromatic N) is 4. The number of rotatable bonds is 5. The van der Waals surface area contributed by atoms with Crippen molar-refractivity contribution >= 4 is 16.6 Å². The van der Waals surface area contributed by atoms with Crippen LogP contribution in [0.1, 0.15) is 11.1 Å². The fourth-order valence-electron chi connectivity index (χ4n) is 4.45. The van der Waals surface area contributed by atoms with Gasteiger partial charge >= 0.3 is 0 Å². The Morgan fingerprint density at radius 1 is 0.970 bits per heavy atom. The molecular formula is C26H24FN5O. The van der Waals surface area contributed by atoms with Crippen molar-refractivity contribution in [1.29, 1.82) is 5.26 Å². The molecule has 33 heavy (non-hydrogen) atoms. The maximum Gasteiger partial charge on any atom is 0.255 e. The van der Waals surface area contributed by atoms with Gasteiger partial charge in [0, 0.05) is 73.5 Å². The number of hydrogen-bond acceptors (Lipinski definition) is 4. The van der Waals surface area contributed by atoms with Gasteiger partial charge in [-0.3, -0.25) is 14.3 Å². The van der Waals surface area contributed by atoms with Crippen LogP contribution in [0.25, 0.3) is 16.6 Å². The van der Waals surface area contributed by atoms with E-state index < -0.39 is 5.82 Å². The lowest BCUT2D eigenvalue weighted by atomic mass is 10.1. The highest BCUT2D eigenvalue weighted by Crippen LogP contribution is 2.22. The normalized spacial score (nSPS) is 14.5. The van der Waals surface area contributed by atoms with Gasteiger partial charge in [0.1, 0.15) is 5.82 Å². The van der Waals surface area contributed by atoms with Crippen LogP contribution in [0.4, 0.5) is 10.1 Å². The molecule has 4 aromatic rings. The SMILES string of the molecule is N#Cc1ccc2[nH]cc(CCN3CCN(c4ccc(-n5cc(F)ccc5=O)cc4)CC3)c2c1. The van der Waals surface area contributed by atoms with Crippen LogP contribution >= 0.6 is 0 Å². The Balaban J connectivity index is 1.19. The number of halogens is 1. The van der Waals surface area contributed by atoms with Gasteiger partial charge in [-0.25, -0.2) is 4.39 Å². The zero-order valence-corrected chi connectivity index (χ0v) is 18.2. The second kappa shape index (κ2) is 8.93. The van der Waals surface area contributed by atoms with E-state index in [0.717, 1.165) is 55.7 Å². The summed E-state index contributed by atoms with van der Waals surface area (Å²) in [5, 5.41) is 10.3. The zero-order valence-electron chi connectivity index (χ0n) is 18.2. The maximum absolute atomic E-state index is 13.5. The van der Waals surface area contributed by atoms with Crippen LogP contribution in [0.5, 0.6) is 0 Å². The van der Waals surface area contributed by atoms with Gasteiger partial charge in [0.2, 0.25) is 0 Å². The lowest BCUT2D eigenvalue weighted by Gasteiger charge is -2.36. The smallest absolute Gasteiger partial charge is 0.255 e. The van der Waals surface area contributed by atoms with E-state index in [-0.39, 0.29) is 5.56 Å². The fraction of sp³-hybridized carbons (Fsp3) is 0.231. The standard InChI is InChI=1S/C26H24FN5O/c27-21-2-8-26(33)32(18-21)23-5-3-22(4-6-23)31-13-11-30(12-14-31)10-9-20-17-29-25-7-1-19(16-28)15-24(20)25/h1-8,15,17-18,29H,9-14H2. The predicted octanol–water partition coefficient (Wildman–Crippen LogP) is 3.69. The van der Waals surface area contributed by atoms with Gasteiger partial charge in [-0.15, -0.1) is 0 Å². The van der Waals surface area contributed by atoms with Gasteiger partial charge < -0.3 is 9.88 Å². The lowest BCUT2D eigenvalue weighted by molar-refractivity contribution is 0.261. The molecule has 0 radical (unpaired) electrons. The number of H-pyrrole nitrogens is 1. The number of benzene rings is 2. The summed E-state index contributed by atoms with van der Waals surface area (Å²) in [5.41, 5.74) is 4.50. The Labute approximate surface area is 191 Å². The summed E-state index contributed by atoms with van der Waals surface area (Å²) in [6.45, 7) is 4.75. The highest BCUT2D eigenvalue weighted by molar-refractivity contribution is 5.84. The van der Waals surface area contributed by atoms with Gasteiger partial charge in [-0.05, 0) is 60.5 Å². The lowest BCUT2D eigenvalue weighted by Crippen LogP contribution is -2.47. The van der Waals surface area contributed by atoms with E-state index in [1.165, 1.54) is 28.5 Å². The van der Waals surface area contributed by atoms with Crippen LogP contribution in [0.2, 0.25) is 0 Å². The molecule has 7 heteroatoms. The third-order valence-electron chi connectivity index (χ3n) is 6.33. The summed E-state index contributed by atoms with van der Waals surface area (Å²) in [6, 6.07) is 18.1. The molecule has 1 saturated heterocycles. The Morgan fingerprint density at radius 3 is 2.48 bits per heavy atom. The molecule has 0 saturated carbocycles. The molecule has 0 amide bonds. The molecule has 5 rings (SSSR count). The molecule has 6 nitrogen and oxygen atoms in total. The number of piperazine rings is 1. The first-order valence-electron chi connectivity index (χ1n) is 11.1. The molecular weight excluding hydrogens is 417 g/mol. The number of nitriles is 1. The van der Waals surface area contributed by atoms with Crippen LogP contribution < -0.4 is 10.5 Å². The summed E-state index contributed by atoms with van der Waals surface area (Å²) in [7, 11) is 0. The van der Waals surface area contributed by atoms with Crippen LogP contribution in [0.15, 0.2) is 71.8 Å². The van der Waals surface area contributed by atoms with Crippen molar-refractivity contribution in [1.82, 2.24) is 14.5 Å². The average molecular weight is 442 g/mol. The van der Waals surface area contributed by atoms with Crippen molar-refractivity contribution in [2.75, 3.05) is 37.6 Å². The molecule has 1 aliphatic heterocycles. The van der Waals surface area contributed by atoms with Crippen molar-refractivity contribution in [3.05, 3.63) is 94.3 Å². The number of fused-ring (bicyclic) bond motifs is 1. The van der Waals surface area contributed by atoms with E-state index in [0.29, 0.717) is 11.3 Å². The van der Waals surface area contributed by atoms with Crippen molar-refractivity contribution < 1.29 is 4.39 Å². The van der Waals surface area contributed by atoms with E-state index in [1.54, 1.807) is 0 Å². The second-order valence-corrected chi connectivity index (χ2v) is 8.34. The minimum atomic E-state index is -0.437. The quantitative estimate of drug-likeness (QED) is 0.513. The molecule has 3 heterocycles. The van der Waals surface area contributed by atoms with Gasteiger partial charge in [0.25, 0.3) is 5.56 Å². The third-order valence-corrected chi connectivity index (χ3v) is 6.33. The van der Waals surface area contributed by atoms with Crippen molar-refractivity contribution in [3.8, 4) is 11.8 Å². The first-order valence-corrected chi connectivity index (χ1v) is 11.1. The summed E-state index contributed by atoms with van der Waals surface area (Å²) < 4.78 is 14.8. The van der Waals surface area contributed by atoms with Crippen molar-refractivity contribution in [2.45, 2.75) is 6.42 Å². The van der Waals surface area contributed by atoms with E-state index >= 15 is 0 Å². The maximum atomic E-state index is 13.5. The van der Waals surface area contributed by atoms with Gasteiger partial charge in [-0.1, -0.05) is 0 Å². The zero-order chi connectivity index (χ0) is 22.8. The van der Waals surface area contributed by atoms with Gasteiger partial charge in [0.15, 0.2) is 0 Å². The highest BCUT2D eigenvalue weighted by atomic mass is 19.1. The van der Waals surface area contributed by atoms with E-state index in [1.807, 2.05) is 48.7 Å². The predicted molar refractivity (Wildman–Crippen MR) is 127 cm³/mol. The molecule has 0 aliphatic carbocycles. The van der Waals surface area contributed by atoms with Crippen molar-refractivity contribution in [3.63, 3.8) is 0 Å². The number of hydrogen-bond donors (Lipinski definition) is 1. The molecule has 1 aliphatic rings. The molecule has 1 N–H and O–H groups in total. The Morgan fingerprint density at radius 2 is 1.73 bits per heavy atom. The van der Waals surface area contributed by atoms with Gasteiger partial charge in [0.05, 0.1) is 11.6 Å². The number of pyridine rings is 1. The van der Waals surface area contributed by atoms with Crippen LogP contribution in [-0.4, -0.2) is 47.2 Å². The average Bonchev–Trinajstić information content (AvgIpc) is 3.27. The molecule has 2 aromatic carbocycles. The number of anilines is 1. The summed E-state index contributed by atoms with van der Waals surface area (Å²) >= 11 is 0. The Bertz CT molecular complexity index is 1370. The van der Waals surface area contributed by atoms with Crippen molar-refractivity contribution in [2.24, 2.45) is 0 Å². The van der Waals surface area contributed by atoms with Crippen LogP contribution in [0, 0.1) is 17.1 Å². The first kappa shape index (κ1) is 21.0. The molecule has 2 aromatic heterocycles. The number of aromatic nitrogens is 2. The summed E-state index contributed by atoms with van der Waals surface area (Å²) in [6.07, 6.45) is 4.20. The summed E-state index contributed by atoms with van der Waals surface area (Å²) in [4.78, 5) is 20.1. The largest absolute Gasteiger partial charge is 0.369 e. The first-order chi connectivity index (χ1) is 16.1. The van der Waals surface area contributed by atoms with Crippen LogP contribution in [-0.2, 0) is 6.42 Å². The minimum absolute atomic E-state index is 0.253. The van der Waals surface area contributed by atoms with E-state index in [9.17, 15) is 14.4 Å². The molecule has 0 atom stereocenters. The third kappa shape index (κ3) is 4.38.